The molecule has 130 valence electrons. The van der Waals surface area contributed by atoms with Gasteiger partial charge in [-0.3, -0.25) is 4.79 Å². The molecule has 0 unspecified atom stereocenters. The molecular formula is C18H17ClFN3O2. The maximum atomic E-state index is 12.9. The fourth-order valence-corrected chi connectivity index (χ4v) is 2.63. The lowest BCUT2D eigenvalue weighted by Crippen LogP contribution is -2.24. The van der Waals surface area contributed by atoms with Gasteiger partial charge in [0.05, 0.1) is 30.3 Å². The average molecular weight is 362 g/mol. The third-order valence-corrected chi connectivity index (χ3v) is 3.97. The predicted octanol–water partition coefficient (Wildman–Crippen LogP) is 3.52. The molecule has 1 N–H and O–H groups in total. The standard InChI is InChI=1S/C18H17ClFN3O2/c1-12-3-2-7-23-11-14(22-18(12)23)10-21-17(24)6-8-25-16-5-4-13(20)9-15(16)19/h2-5,7,9,11H,6,8,10H2,1H3,(H,21,24). The van der Waals surface area contributed by atoms with Crippen molar-refractivity contribution in [2.45, 2.75) is 19.9 Å². The molecule has 0 fully saturated rings. The van der Waals surface area contributed by atoms with Crippen molar-refractivity contribution in [2.75, 3.05) is 6.61 Å². The molecule has 1 amide bonds. The zero-order valence-corrected chi connectivity index (χ0v) is 14.4. The van der Waals surface area contributed by atoms with E-state index in [1.807, 2.05) is 35.9 Å². The molecule has 1 aromatic carbocycles. The molecule has 25 heavy (non-hydrogen) atoms. The van der Waals surface area contributed by atoms with Crippen LogP contribution < -0.4 is 10.1 Å². The summed E-state index contributed by atoms with van der Waals surface area (Å²) in [5, 5.41) is 2.98. The molecule has 0 saturated carbocycles. The van der Waals surface area contributed by atoms with Crippen LogP contribution in [0.1, 0.15) is 17.7 Å². The highest BCUT2D eigenvalue weighted by Gasteiger charge is 2.08. The van der Waals surface area contributed by atoms with Crippen LogP contribution in [0, 0.1) is 12.7 Å². The minimum atomic E-state index is -0.433. The number of amides is 1. The second kappa shape index (κ2) is 7.53. The van der Waals surface area contributed by atoms with Crippen LogP contribution >= 0.6 is 11.6 Å². The number of benzene rings is 1. The number of carbonyl (C=O) groups excluding carboxylic acids is 1. The van der Waals surface area contributed by atoms with E-state index < -0.39 is 5.82 Å². The first-order valence-electron chi connectivity index (χ1n) is 7.80. The van der Waals surface area contributed by atoms with Crippen LogP contribution in [0.4, 0.5) is 4.39 Å². The largest absolute Gasteiger partial charge is 0.491 e. The van der Waals surface area contributed by atoms with Gasteiger partial charge in [-0.05, 0) is 36.8 Å². The number of pyridine rings is 1. The van der Waals surface area contributed by atoms with Crippen LogP contribution in [0.15, 0.2) is 42.7 Å². The van der Waals surface area contributed by atoms with Crippen LogP contribution in [-0.2, 0) is 11.3 Å². The number of aromatic nitrogens is 2. The minimum absolute atomic E-state index is 0.154. The van der Waals surface area contributed by atoms with Crippen molar-refractivity contribution < 1.29 is 13.9 Å². The Morgan fingerprint density at radius 1 is 1.40 bits per heavy atom. The van der Waals surface area contributed by atoms with E-state index in [0.717, 1.165) is 16.9 Å². The first-order chi connectivity index (χ1) is 12.0. The SMILES string of the molecule is Cc1cccn2cc(CNC(=O)CCOc3ccc(F)cc3Cl)nc12. The van der Waals surface area contributed by atoms with Gasteiger partial charge in [0.1, 0.15) is 17.2 Å². The summed E-state index contributed by atoms with van der Waals surface area (Å²) in [5.41, 5.74) is 2.73. The topological polar surface area (TPSA) is 55.6 Å². The molecule has 2 aromatic heterocycles. The van der Waals surface area contributed by atoms with Gasteiger partial charge in [0, 0.05) is 12.4 Å². The molecule has 2 heterocycles. The molecule has 0 bridgehead atoms. The molecule has 0 spiro atoms. The van der Waals surface area contributed by atoms with Crippen molar-refractivity contribution in [1.29, 1.82) is 0 Å². The Bertz CT molecular complexity index is 910. The van der Waals surface area contributed by atoms with Crippen molar-refractivity contribution in [3.63, 3.8) is 0 Å². The Hall–Kier alpha value is -2.60. The van der Waals surface area contributed by atoms with Gasteiger partial charge in [0.15, 0.2) is 0 Å². The molecule has 0 aliphatic rings. The number of rotatable bonds is 6. The summed E-state index contributed by atoms with van der Waals surface area (Å²) in [6.45, 7) is 2.49. The highest BCUT2D eigenvalue weighted by atomic mass is 35.5. The molecule has 0 radical (unpaired) electrons. The second-order valence-corrected chi connectivity index (χ2v) is 6.01. The van der Waals surface area contributed by atoms with Gasteiger partial charge in [0.2, 0.25) is 5.91 Å². The first kappa shape index (κ1) is 17.2. The molecule has 0 atom stereocenters. The average Bonchev–Trinajstić information content (AvgIpc) is 3.00. The monoisotopic (exact) mass is 361 g/mol. The Balaban J connectivity index is 1.48. The third-order valence-electron chi connectivity index (χ3n) is 3.68. The van der Waals surface area contributed by atoms with Gasteiger partial charge in [-0.15, -0.1) is 0 Å². The van der Waals surface area contributed by atoms with E-state index >= 15 is 0 Å². The van der Waals surface area contributed by atoms with E-state index in [9.17, 15) is 9.18 Å². The quantitative estimate of drug-likeness (QED) is 0.730. The third kappa shape index (κ3) is 4.28. The van der Waals surface area contributed by atoms with E-state index in [1.54, 1.807) is 0 Å². The van der Waals surface area contributed by atoms with Gasteiger partial charge in [-0.1, -0.05) is 17.7 Å². The Morgan fingerprint density at radius 2 is 2.24 bits per heavy atom. The summed E-state index contributed by atoms with van der Waals surface area (Å²) in [7, 11) is 0. The Labute approximate surface area is 149 Å². The molecule has 3 aromatic rings. The van der Waals surface area contributed by atoms with Crippen LogP contribution in [-0.4, -0.2) is 21.9 Å². The molecular weight excluding hydrogens is 345 g/mol. The number of carbonyl (C=O) groups is 1. The number of halogens is 2. The van der Waals surface area contributed by atoms with Crippen molar-refractivity contribution in [1.82, 2.24) is 14.7 Å². The number of hydrogen-bond acceptors (Lipinski definition) is 3. The number of fused-ring (bicyclic) bond motifs is 1. The van der Waals surface area contributed by atoms with Crippen LogP contribution in [0.3, 0.4) is 0 Å². The molecule has 3 rings (SSSR count). The number of ether oxygens (including phenoxy) is 1. The molecule has 0 aliphatic heterocycles. The number of hydrogen-bond donors (Lipinski definition) is 1. The van der Waals surface area contributed by atoms with Gasteiger partial charge in [-0.25, -0.2) is 9.37 Å². The Morgan fingerprint density at radius 3 is 3.00 bits per heavy atom. The van der Waals surface area contributed by atoms with E-state index in [2.05, 4.69) is 10.3 Å². The fourth-order valence-electron chi connectivity index (χ4n) is 2.41. The lowest BCUT2D eigenvalue weighted by molar-refractivity contribution is -0.121. The van der Waals surface area contributed by atoms with Crippen molar-refractivity contribution >= 4 is 23.2 Å². The van der Waals surface area contributed by atoms with Crippen molar-refractivity contribution in [3.05, 3.63) is 64.8 Å². The highest BCUT2D eigenvalue weighted by Crippen LogP contribution is 2.24. The zero-order valence-electron chi connectivity index (χ0n) is 13.6. The smallest absolute Gasteiger partial charge is 0.223 e. The van der Waals surface area contributed by atoms with Crippen LogP contribution in [0.25, 0.3) is 5.65 Å². The molecule has 0 aliphatic carbocycles. The summed E-state index contributed by atoms with van der Waals surface area (Å²) in [6, 6.07) is 7.80. The summed E-state index contributed by atoms with van der Waals surface area (Å²) in [4.78, 5) is 16.4. The second-order valence-electron chi connectivity index (χ2n) is 5.60. The van der Waals surface area contributed by atoms with E-state index in [0.29, 0.717) is 12.3 Å². The van der Waals surface area contributed by atoms with E-state index in [4.69, 9.17) is 16.3 Å². The summed E-state index contributed by atoms with van der Waals surface area (Å²) in [5.74, 6) is -0.239. The maximum absolute atomic E-state index is 12.9. The van der Waals surface area contributed by atoms with Crippen molar-refractivity contribution in [2.24, 2.45) is 0 Å². The summed E-state index contributed by atoms with van der Waals surface area (Å²) >= 11 is 5.86. The first-order valence-corrected chi connectivity index (χ1v) is 8.18. The lowest BCUT2D eigenvalue weighted by Gasteiger charge is -2.08. The minimum Gasteiger partial charge on any atom is -0.491 e. The molecule has 7 heteroatoms. The van der Waals surface area contributed by atoms with Gasteiger partial charge in [0.25, 0.3) is 0 Å². The summed E-state index contributed by atoms with van der Waals surface area (Å²) < 4.78 is 20.3. The number of nitrogens with zero attached hydrogens (tertiary/aromatic N) is 2. The van der Waals surface area contributed by atoms with E-state index in [1.165, 1.54) is 18.2 Å². The predicted molar refractivity (Wildman–Crippen MR) is 93.3 cm³/mol. The number of imidazole rings is 1. The van der Waals surface area contributed by atoms with Gasteiger partial charge >= 0.3 is 0 Å². The Kier molecular flexibility index (Phi) is 5.19. The highest BCUT2D eigenvalue weighted by molar-refractivity contribution is 6.32. The van der Waals surface area contributed by atoms with Crippen LogP contribution in [0.2, 0.25) is 5.02 Å². The van der Waals surface area contributed by atoms with Gasteiger partial charge in [-0.2, -0.15) is 0 Å². The molecule has 5 nitrogen and oxygen atoms in total. The zero-order chi connectivity index (χ0) is 17.8. The van der Waals surface area contributed by atoms with E-state index in [-0.39, 0.29) is 24.0 Å². The normalized spacial score (nSPS) is 10.8. The number of aryl methyl sites for hydroxylation is 1. The lowest BCUT2D eigenvalue weighted by atomic mass is 10.3. The molecule has 0 saturated heterocycles. The van der Waals surface area contributed by atoms with Gasteiger partial charge < -0.3 is 14.5 Å². The summed E-state index contributed by atoms with van der Waals surface area (Å²) in [6.07, 6.45) is 3.97. The fraction of sp³-hybridized carbons (Fsp3) is 0.222. The van der Waals surface area contributed by atoms with Crippen LogP contribution in [0.5, 0.6) is 5.75 Å². The van der Waals surface area contributed by atoms with Crippen molar-refractivity contribution in [3.8, 4) is 5.75 Å². The number of nitrogens with one attached hydrogen (secondary N) is 1. The maximum Gasteiger partial charge on any atom is 0.223 e.